The fourth-order valence-electron chi connectivity index (χ4n) is 2.96. The molecule has 1 aromatic rings. The van der Waals surface area contributed by atoms with Gasteiger partial charge in [0.2, 0.25) is 0 Å². The summed E-state index contributed by atoms with van der Waals surface area (Å²) in [5, 5.41) is 6.42. The Balaban J connectivity index is 0.00000133. The highest BCUT2D eigenvalue weighted by atomic mass is 35.5. The predicted octanol–water partition coefficient (Wildman–Crippen LogP) is 2.08. The smallest absolute Gasteiger partial charge is 0.251 e. The van der Waals surface area contributed by atoms with E-state index in [4.69, 9.17) is 0 Å². The summed E-state index contributed by atoms with van der Waals surface area (Å²) < 4.78 is 0. The Hall–Kier alpha value is -1.06. The van der Waals surface area contributed by atoms with Crippen LogP contribution in [0.25, 0.3) is 0 Å². The van der Waals surface area contributed by atoms with Crippen molar-refractivity contribution in [3.05, 3.63) is 34.9 Å². The quantitative estimate of drug-likeness (QED) is 0.890. The zero-order chi connectivity index (χ0) is 12.4. The first kappa shape index (κ1) is 14.4. The third kappa shape index (κ3) is 3.28. The Morgan fingerprint density at radius 2 is 2.11 bits per heavy atom. The third-order valence-electron chi connectivity index (χ3n) is 4.03. The van der Waals surface area contributed by atoms with E-state index < -0.39 is 0 Å². The Morgan fingerprint density at radius 3 is 2.89 bits per heavy atom. The highest BCUT2D eigenvalue weighted by Crippen LogP contribution is 2.22. The van der Waals surface area contributed by atoms with Crippen LogP contribution in [-0.2, 0) is 12.8 Å². The average molecular weight is 281 g/mol. The first-order chi connectivity index (χ1) is 8.83. The zero-order valence-electron chi connectivity index (χ0n) is 11.1. The molecule has 3 nitrogen and oxygen atoms in total. The lowest BCUT2D eigenvalue weighted by Gasteiger charge is -2.12. The SMILES string of the molecule is Cl.O=C(NCC1CCCN1)c1ccc2c(c1)CCC2. The molecule has 0 bridgehead atoms. The van der Waals surface area contributed by atoms with E-state index in [1.807, 2.05) is 6.07 Å². The van der Waals surface area contributed by atoms with Gasteiger partial charge in [0.1, 0.15) is 0 Å². The minimum absolute atomic E-state index is 0. The lowest BCUT2D eigenvalue weighted by Crippen LogP contribution is -2.37. The number of rotatable bonds is 3. The van der Waals surface area contributed by atoms with Crippen LogP contribution in [0.1, 0.15) is 40.7 Å². The van der Waals surface area contributed by atoms with Crippen LogP contribution >= 0.6 is 12.4 Å². The number of benzene rings is 1. The van der Waals surface area contributed by atoms with Crippen LogP contribution in [0.4, 0.5) is 0 Å². The minimum Gasteiger partial charge on any atom is -0.350 e. The van der Waals surface area contributed by atoms with Crippen molar-refractivity contribution in [2.24, 2.45) is 0 Å². The molecule has 2 aliphatic rings. The lowest BCUT2D eigenvalue weighted by atomic mass is 10.1. The molecule has 0 aromatic heterocycles. The number of carbonyl (C=O) groups excluding carboxylic acids is 1. The summed E-state index contributed by atoms with van der Waals surface area (Å²) in [7, 11) is 0. The summed E-state index contributed by atoms with van der Waals surface area (Å²) >= 11 is 0. The van der Waals surface area contributed by atoms with Gasteiger partial charge in [-0.1, -0.05) is 6.07 Å². The van der Waals surface area contributed by atoms with Gasteiger partial charge < -0.3 is 10.6 Å². The highest BCUT2D eigenvalue weighted by Gasteiger charge is 2.17. The molecule has 104 valence electrons. The van der Waals surface area contributed by atoms with Crippen molar-refractivity contribution in [2.75, 3.05) is 13.1 Å². The highest BCUT2D eigenvalue weighted by molar-refractivity contribution is 5.94. The monoisotopic (exact) mass is 280 g/mol. The van der Waals surface area contributed by atoms with Crippen molar-refractivity contribution in [1.29, 1.82) is 0 Å². The van der Waals surface area contributed by atoms with E-state index in [1.165, 1.54) is 36.8 Å². The maximum Gasteiger partial charge on any atom is 0.251 e. The number of carbonyl (C=O) groups is 1. The van der Waals surface area contributed by atoms with Crippen molar-refractivity contribution in [3.8, 4) is 0 Å². The number of nitrogens with one attached hydrogen (secondary N) is 2. The van der Waals surface area contributed by atoms with Crippen LogP contribution in [0.15, 0.2) is 18.2 Å². The van der Waals surface area contributed by atoms with Gasteiger partial charge in [-0.15, -0.1) is 12.4 Å². The molecule has 1 unspecified atom stereocenters. The van der Waals surface area contributed by atoms with Crippen molar-refractivity contribution < 1.29 is 4.79 Å². The largest absolute Gasteiger partial charge is 0.350 e. The van der Waals surface area contributed by atoms with Gasteiger partial charge >= 0.3 is 0 Å². The molecule has 4 heteroatoms. The third-order valence-corrected chi connectivity index (χ3v) is 4.03. The van der Waals surface area contributed by atoms with Crippen molar-refractivity contribution in [1.82, 2.24) is 10.6 Å². The molecule has 0 spiro atoms. The second-order valence-electron chi connectivity index (χ2n) is 5.34. The van der Waals surface area contributed by atoms with Crippen LogP contribution in [0.2, 0.25) is 0 Å². The normalized spacial score (nSPS) is 20.7. The molecule has 1 saturated heterocycles. The average Bonchev–Trinajstić information content (AvgIpc) is 3.05. The summed E-state index contributed by atoms with van der Waals surface area (Å²) in [6, 6.07) is 6.61. The molecule has 1 fully saturated rings. The van der Waals surface area contributed by atoms with Crippen LogP contribution in [0.5, 0.6) is 0 Å². The number of hydrogen-bond donors (Lipinski definition) is 2. The van der Waals surface area contributed by atoms with E-state index >= 15 is 0 Å². The van der Waals surface area contributed by atoms with Crippen molar-refractivity contribution in [3.63, 3.8) is 0 Å². The molecule has 1 atom stereocenters. The Bertz CT molecular complexity index is 455. The van der Waals surface area contributed by atoms with E-state index in [0.29, 0.717) is 6.04 Å². The molecule has 1 aromatic carbocycles. The van der Waals surface area contributed by atoms with Gasteiger partial charge in [-0.05, 0) is 61.9 Å². The van der Waals surface area contributed by atoms with E-state index in [9.17, 15) is 4.79 Å². The minimum atomic E-state index is 0. The van der Waals surface area contributed by atoms with Gasteiger partial charge in [-0.25, -0.2) is 0 Å². The fourth-order valence-corrected chi connectivity index (χ4v) is 2.96. The van der Waals surface area contributed by atoms with Crippen molar-refractivity contribution in [2.45, 2.75) is 38.1 Å². The summed E-state index contributed by atoms with van der Waals surface area (Å²) in [6.45, 7) is 1.83. The molecular formula is C15H21ClN2O. The number of fused-ring (bicyclic) bond motifs is 1. The molecule has 1 amide bonds. The van der Waals surface area contributed by atoms with Crippen LogP contribution in [0.3, 0.4) is 0 Å². The molecule has 0 saturated carbocycles. The van der Waals surface area contributed by atoms with Gasteiger partial charge in [-0.3, -0.25) is 4.79 Å². The Kier molecular flexibility index (Phi) is 4.83. The van der Waals surface area contributed by atoms with E-state index in [-0.39, 0.29) is 18.3 Å². The van der Waals surface area contributed by atoms with E-state index in [0.717, 1.165) is 25.1 Å². The molecule has 1 aliphatic heterocycles. The van der Waals surface area contributed by atoms with E-state index in [1.54, 1.807) is 0 Å². The van der Waals surface area contributed by atoms with Crippen LogP contribution in [-0.4, -0.2) is 25.0 Å². The predicted molar refractivity (Wildman–Crippen MR) is 79.1 cm³/mol. The Labute approximate surface area is 120 Å². The molecule has 1 aliphatic carbocycles. The number of halogens is 1. The molecule has 0 radical (unpaired) electrons. The van der Waals surface area contributed by atoms with Crippen molar-refractivity contribution >= 4 is 18.3 Å². The second kappa shape index (κ2) is 6.40. The number of aryl methyl sites for hydroxylation is 2. The molecular weight excluding hydrogens is 260 g/mol. The second-order valence-corrected chi connectivity index (χ2v) is 5.34. The molecule has 1 heterocycles. The van der Waals surface area contributed by atoms with Gasteiger partial charge in [0.15, 0.2) is 0 Å². The maximum absolute atomic E-state index is 12.1. The van der Waals surface area contributed by atoms with Gasteiger partial charge in [0.05, 0.1) is 0 Å². The fraction of sp³-hybridized carbons (Fsp3) is 0.533. The van der Waals surface area contributed by atoms with E-state index in [2.05, 4.69) is 22.8 Å². The summed E-state index contributed by atoms with van der Waals surface area (Å²) in [6.07, 6.45) is 5.92. The summed E-state index contributed by atoms with van der Waals surface area (Å²) in [4.78, 5) is 12.1. The lowest BCUT2D eigenvalue weighted by molar-refractivity contribution is 0.0950. The number of amides is 1. The summed E-state index contributed by atoms with van der Waals surface area (Å²) in [5.74, 6) is 0.0680. The topological polar surface area (TPSA) is 41.1 Å². The molecule has 19 heavy (non-hydrogen) atoms. The van der Waals surface area contributed by atoms with Crippen LogP contribution in [0, 0.1) is 0 Å². The van der Waals surface area contributed by atoms with Gasteiger partial charge in [0.25, 0.3) is 5.91 Å². The van der Waals surface area contributed by atoms with Gasteiger partial charge in [-0.2, -0.15) is 0 Å². The zero-order valence-corrected chi connectivity index (χ0v) is 11.9. The standard InChI is InChI=1S/C15H20N2O.ClH/c18-15(17-10-14-5-2-8-16-14)13-7-6-11-3-1-4-12(11)9-13;/h6-7,9,14,16H,1-5,8,10H2,(H,17,18);1H. The molecule has 3 rings (SSSR count). The Morgan fingerprint density at radius 1 is 1.26 bits per heavy atom. The first-order valence-corrected chi connectivity index (χ1v) is 6.96. The maximum atomic E-state index is 12.1. The molecule has 2 N–H and O–H groups in total. The summed E-state index contributed by atoms with van der Waals surface area (Å²) in [5.41, 5.74) is 3.60. The van der Waals surface area contributed by atoms with Crippen LogP contribution < -0.4 is 10.6 Å². The number of hydrogen-bond acceptors (Lipinski definition) is 2. The first-order valence-electron chi connectivity index (χ1n) is 6.96. The van der Waals surface area contributed by atoms with Gasteiger partial charge in [0, 0.05) is 18.2 Å².